The van der Waals surface area contributed by atoms with Crippen molar-refractivity contribution in [3.8, 4) is 0 Å². The van der Waals surface area contributed by atoms with Crippen LogP contribution in [0, 0.1) is 6.92 Å². The van der Waals surface area contributed by atoms with Crippen molar-refractivity contribution in [1.29, 1.82) is 0 Å². The van der Waals surface area contributed by atoms with Crippen molar-refractivity contribution in [3.05, 3.63) is 23.8 Å². The molecule has 3 nitrogen and oxygen atoms in total. The lowest BCUT2D eigenvalue weighted by atomic mass is 10.1. The predicted molar refractivity (Wildman–Crippen MR) is 48.6 cm³/mol. The van der Waals surface area contributed by atoms with Crippen LogP contribution in [0.25, 0.3) is 0 Å². The number of aromatic nitrogens is 2. The summed E-state index contributed by atoms with van der Waals surface area (Å²) in [5, 5.41) is 0. The largest absolute Gasteiger partial charge is 0.324 e. The topological polar surface area (TPSA) is 51.8 Å². The van der Waals surface area contributed by atoms with Crippen molar-refractivity contribution < 1.29 is 0 Å². The first-order valence-corrected chi connectivity index (χ1v) is 4.28. The SMILES string of the molecule is CCCC(N)c1cnc(C)nc1. The van der Waals surface area contributed by atoms with Crippen molar-refractivity contribution >= 4 is 0 Å². The molecule has 0 aliphatic heterocycles. The van der Waals surface area contributed by atoms with E-state index < -0.39 is 0 Å². The summed E-state index contributed by atoms with van der Waals surface area (Å²) in [5.74, 6) is 0.794. The molecule has 1 aromatic heterocycles. The van der Waals surface area contributed by atoms with Crippen molar-refractivity contribution in [1.82, 2.24) is 9.97 Å². The molecule has 0 bridgehead atoms. The fourth-order valence-electron chi connectivity index (χ4n) is 1.07. The second kappa shape index (κ2) is 4.16. The number of hydrogen-bond donors (Lipinski definition) is 1. The summed E-state index contributed by atoms with van der Waals surface area (Å²) in [4.78, 5) is 8.18. The van der Waals surface area contributed by atoms with Crippen LogP contribution < -0.4 is 5.73 Å². The molecule has 66 valence electrons. The van der Waals surface area contributed by atoms with Crippen LogP contribution in [0.2, 0.25) is 0 Å². The van der Waals surface area contributed by atoms with E-state index >= 15 is 0 Å². The molecular formula is C9H15N3. The third-order valence-corrected chi connectivity index (χ3v) is 1.83. The minimum atomic E-state index is 0.0931. The second-order valence-electron chi connectivity index (χ2n) is 2.96. The molecule has 0 aliphatic carbocycles. The van der Waals surface area contributed by atoms with Crippen molar-refractivity contribution in [2.24, 2.45) is 5.73 Å². The Balaban J connectivity index is 2.68. The van der Waals surface area contributed by atoms with E-state index in [-0.39, 0.29) is 6.04 Å². The number of nitrogens with two attached hydrogens (primary N) is 1. The highest BCUT2D eigenvalue weighted by Crippen LogP contribution is 2.12. The zero-order valence-electron chi connectivity index (χ0n) is 7.62. The van der Waals surface area contributed by atoms with Gasteiger partial charge in [-0.05, 0) is 13.3 Å². The zero-order chi connectivity index (χ0) is 8.97. The molecule has 1 unspecified atom stereocenters. The molecule has 0 radical (unpaired) electrons. The van der Waals surface area contributed by atoms with Gasteiger partial charge in [-0.1, -0.05) is 13.3 Å². The quantitative estimate of drug-likeness (QED) is 0.739. The summed E-state index contributed by atoms with van der Waals surface area (Å²) in [5.41, 5.74) is 6.91. The van der Waals surface area contributed by atoms with Gasteiger partial charge in [-0.15, -0.1) is 0 Å². The summed E-state index contributed by atoms with van der Waals surface area (Å²) in [7, 11) is 0. The van der Waals surface area contributed by atoms with Gasteiger partial charge in [0.05, 0.1) is 0 Å². The van der Waals surface area contributed by atoms with E-state index in [4.69, 9.17) is 5.73 Å². The van der Waals surface area contributed by atoms with Gasteiger partial charge in [-0.25, -0.2) is 9.97 Å². The molecule has 1 rings (SSSR count). The first-order chi connectivity index (χ1) is 5.74. The van der Waals surface area contributed by atoms with Crippen molar-refractivity contribution in [3.63, 3.8) is 0 Å². The predicted octanol–water partition coefficient (Wildman–Crippen LogP) is 1.58. The molecule has 3 heteroatoms. The maximum absolute atomic E-state index is 5.88. The van der Waals surface area contributed by atoms with Gasteiger partial charge in [0.1, 0.15) is 5.82 Å². The third kappa shape index (κ3) is 2.27. The van der Waals surface area contributed by atoms with Crippen LogP contribution in [0.1, 0.15) is 37.2 Å². The number of rotatable bonds is 3. The monoisotopic (exact) mass is 165 g/mol. The van der Waals surface area contributed by atoms with E-state index in [1.54, 1.807) is 0 Å². The van der Waals surface area contributed by atoms with Gasteiger partial charge in [0.25, 0.3) is 0 Å². The number of aryl methyl sites for hydroxylation is 1. The average Bonchev–Trinajstić information content (AvgIpc) is 2.06. The van der Waals surface area contributed by atoms with Gasteiger partial charge in [0.15, 0.2) is 0 Å². The molecule has 2 N–H and O–H groups in total. The molecule has 0 aliphatic rings. The Kier molecular flexibility index (Phi) is 3.17. The molecule has 0 saturated carbocycles. The Labute approximate surface area is 73.0 Å². The highest BCUT2D eigenvalue weighted by atomic mass is 14.9. The van der Waals surface area contributed by atoms with Crippen molar-refractivity contribution in [2.75, 3.05) is 0 Å². The normalized spacial score (nSPS) is 12.9. The smallest absolute Gasteiger partial charge is 0.125 e. The van der Waals surface area contributed by atoms with Crippen molar-refractivity contribution in [2.45, 2.75) is 32.7 Å². The molecule has 1 aromatic rings. The molecule has 0 amide bonds. The van der Waals surface area contributed by atoms with E-state index in [1.807, 2.05) is 19.3 Å². The molecule has 0 aromatic carbocycles. The maximum atomic E-state index is 5.88. The highest BCUT2D eigenvalue weighted by Gasteiger charge is 2.04. The van der Waals surface area contributed by atoms with E-state index in [0.29, 0.717) is 0 Å². The minimum absolute atomic E-state index is 0.0931. The number of hydrogen-bond acceptors (Lipinski definition) is 3. The Morgan fingerprint density at radius 1 is 1.42 bits per heavy atom. The van der Waals surface area contributed by atoms with Gasteiger partial charge in [-0.3, -0.25) is 0 Å². The zero-order valence-corrected chi connectivity index (χ0v) is 7.62. The lowest BCUT2D eigenvalue weighted by molar-refractivity contribution is 0.632. The maximum Gasteiger partial charge on any atom is 0.125 e. The van der Waals surface area contributed by atoms with Gasteiger partial charge < -0.3 is 5.73 Å². The van der Waals surface area contributed by atoms with E-state index in [1.165, 1.54) is 0 Å². The third-order valence-electron chi connectivity index (χ3n) is 1.83. The molecule has 1 atom stereocenters. The molecular weight excluding hydrogens is 150 g/mol. The van der Waals surface area contributed by atoms with Gasteiger partial charge in [0.2, 0.25) is 0 Å². The molecule has 1 heterocycles. The highest BCUT2D eigenvalue weighted by molar-refractivity contribution is 5.09. The Hall–Kier alpha value is -0.960. The Morgan fingerprint density at radius 3 is 2.50 bits per heavy atom. The lowest BCUT2D eigenvalue weighted by Gasteiger charge is -2.08. The van der Waals surface area contributed by atoms with Crippen LogP contribution >= 0.6 is 0 Å². The lowest BCUT2D eigenvalue weighted by Crippen LogP contribution is -2.10. The first-order valence-electron chi connectivity index (χ1n) is 4.28. The summed E-state index contributed by atoms with van der Waals surface area (Å²) in [6.07, 6.45) is 5.70. The second-order valence-corrected chi connectivity index (χ2v) is 2.96. The summed E-state index contributed by atoms with van der Waals surface area (Å²) < 4.78 is 0. The fraction of sp³-hybridized carbons (Fsp3) is 0.556. The van der Waals surface area contributed by atoms with Crippen LogP contribution in [0.4, 0.5) is 0 Å². The van der Waals surface area contributed by atoms with Gasteiger partial charge in [-0.2, -0.15) is 0 Å². The van der Waals surface area contributed by atoms with Gasteiger partial charge in [0, 0.05) is 24.0 Å². The summed E-state index contributed by atoms with van der Waals surface area (Å²) in [6, 6.07) is 0.0931. The first kappa shape index (κ1) is 9.13. The summed E-state index contributed by atoms with van der Waals surface area (Å²) in [6.45, 7) is 3.99. The van der Waals surface area contributed by atoms with Crippen LogP contribution in [-0.4, -0.2) is 9.97 Å². The Bertz CT molecular complexity index is 230. The fourth-order valence-corrected chi connectivity index (χ4v) is 1.07. The average molecular weight is 165 g/mol. The van der Waals surface area contributed by atoms with Crippen LogP contribution in [0.5, 0.6) is 0 Å². The number of nitrogens with zero attached hydrogens (tertiary/aromatic N) is 2. The minimum Gasteiger partial charge on any atom is -0.324 e. The molecule has 0 fully saturated rings. The summed E-state index contributed by atoms with van der Waals surface area (Å²) >= 11 is 0. The standard InChI is InChI=1S/C9H15N3/c1-3-4-9(10)8-5-11-7(2)12-6-8/h5-6,9H,3-4,10H2,1-2H3. The Morgan fingerprint density at radius 2 is 2.00 bits per heavy atom. The van der Waals surface area contributed by atoms with Crippen LogP contribution in [0.15, 0.2) is 12.4 Å². The van der Waals surface area contributed by atoms with E-state index in [9.17, 15) is 0 Å². The molecule has 12 heavy (non-hydrogen) atoms. The van der Waals surface area contributed by atoms with Crippen LogP contribution in [0.3, 0.4) is 0 Å². The molecule has 0 spiro atoms. The van der Waals surface area contributed by atoms with Gasteiger partial charge >= 0.3 is 0 Å². The van der Waals surface area contributed by atoms with Crippen LogP contribution in [-0.2, 0) is 0 Å². The molecule has 0 saturated heterocycles. The van der Waals surface area contributed by atoms with E-state index in [0.717, 1.165) is 24.2 Å². The van der Waals surface area contributed by atoms with E-state index in [2.05, 4.69) is 16.9 Å².